The highest BCUT2D eigenvalue weighted by molar-refractivity contribution is 14.1. The Morgan fingerprint density at radius 1 is 1.06 bits per heavy atom. The summed E-state index contributed by atoms with van der Waals surface area (Å²) < 4.78 is 0.829. The third kappa shape index (κ3) is 2.79. The normalized spacial score (nSPS) is 10.4. The van der Waals surface area contributed by atoms with Crippen molar-refractivity contribution in [3.8, 4) is 0 Å². The van der Waals surface area contributed by atoms with Crippen molar-refractivity contribution in [1.82, 2.24) is 0 Å². The molecular formula is C13H8Cl2INO. The minimum atomic E-state index is -0.160. The average molecular weight is 392 g/mol. The van der Waals surface area contributed by atoms with E-state index in [2.05, 4.69) is 22.6 Å². The van der Waals surface area contributed by atoms with Crippen molar-refractivity contribution < 1.29 is 4.79 Å². The van der Waals surface area contributed by atoms with Crippen LogP contribution in [0.25, 0.3) is 0 Å². The molecule has 0 radical (unpaired) electrons. The Balaban J connectivity index is 2.51. The Bertz CT molecular complexity index is 628. The van der Waals surface area contributed by atoms with Gasteiger partial charge in [0.05, 0.1) is 5.02 Å². The van der Waals surface area contributed by atoms with Crippen molar-refractivity contribution in [2.75, 3.05) is 5.73 Å². The molecule has 2 N–H and O–H groups in total. The topological polar surface area (TPSA) is 43.1 Å². The molecule has 0 atom stereocenters. The summed E-state index contributed by atoms with van der Waals surface area (Å²) in [5, 5.41) is 0.862. The van der Waals surface area contributed by atoms with E-state index in [0.29, 0.717) is 26.9 Å². The smallest absolute Gasteiger partial charge is 0.195 e. The van der Waals surface area contributed by atoms with Gasteiger partial charge in [0, 0.05) is 25.4 Å². The number of carbonyl (C=O) groups excluding carboxylic acids is 1. The zero-order valence-electron chi connectivity index (χ0n) is 9.08. The number of benzene rings is 2. The van der Waals surface area contributed by atoms with Crippen LogP contribution in [0.4, 0.5) is 5.69 Å². The largest absolute Gasteiger partial charge is 0.399 e. The van der Waals surface area contributed by atoms with Gasteiger partial charge in [0.25, 0.3) is 0 Å². The SMILES string of the molecule is Nc1ccc(C(=O)c2cc(Cl)ccc2I)c(Cl)c1. The molecule has 0 saturated heterocycles. The molecule has 0 amide bonds. The van der Waals surface area contributed by atoms with Crippen LogP contribution in [-0.2, 0) is 0 Å². The zero-order chi connectivity index (χ0) is 13.3. The lowest BCUT2D eigenvalue weighted by molar-refractivity contribution is 0.103. The van der Waals surface area contributed by atoms with Gasteiger partial charge in [-0.05, 0) is 59.0 Å². The highest BCUT2D eigenvalue weighted by Gasteiger charge is 2.16. The van der Waals surface area contributed by atoms with Gasteiger partial charge in [0.15, 0.2) is 5.78 Å². The fourth-order valence-electron chi connectivity index (χ4n) is 1.53. The van der Waals surface area contributed by atoms with E-state index >= 15 is 0 Å². The maximum Gasteiger partial charge on any atom is 0.195 e. The lowest BCUT2D eigenvalue weighted by Gasteiger charge is -2.07. The Kier molecular flexibility index (Phi) is 4.14. The number of carbonyl (C=O) groups is 1. The van der Waals surface area contributed by atoms with E-state index in [9.17, 15) is 4.79 Å². The first-order valence-electron chi connectivity index (χ1n) is 5.04. The van der Waals surface area contributed by atoms with Gasteiger partial charge < -0.3 is 5.73 Å². The minimum absolute atomic E-state index is 0.160. The highest BCUT2D eigenvalue weighted by Crippen LogP contribution is 2.25. The standard InChI is InChI=1S/C13H8Cl2INO/c14-7-1-4-12(16)10(5-7)13(18)9-3-2-8(17)6-11(9)15/h1-6H,17H2. The number of ketones is 1. The maximum absolute atomic E-state index is 12.4. The van der Waals surface area contributed by atoms with Crippen LogP contribution < -0.4 is 5.73 Å². The van der Waals surface area contributed by atoms with E-state index in [1.165, 1.54) is 0 Å². The van der Waals surface area contributed by atoms with Crippen LogP contribution in [-0.4, -0.2) is 5.78 Å². The maximum atomic E-state index is 12.4. The molecule has 2 nitrogen and oxygen atoms in total. The van der Waals surface area contributed by atoms with Gasteiger partial charge in [0.1, 0.15) is 0 Å². The van der Waals surface area contributed by atoms with E-state index in [0.717, 1.165) is 3.57 Å². The number of anilines is 1. The molecule has 0 heterocycles. The third-order valence-electron chi connectivity index (χ3n) is 2.41. The van der Waals surface area contributed by atoms with Crippen molar-refractivity contribution in [2.24, 2.45) is 0 Å². The number of rotatable bonds is 2. The average Bonchev–Trinajstić information content (AvgIpc) is 2.31. The van der Waals surface area contributed by atoms with E-state index < -0.39 is 0 Å². The lowest BCUT2D eigenvalue weighted by Crippen LogP contribution is -2.05. The monoisotopic (exact) mass is 391 g/mol. The Labute approximate surface area is 128 Å². The van der Waals surface area contributed by atoms with Crippen molar-refractivity contribution in [3.63, 3.8) is 0 Å². The predicted octanol–water partition coefficient (Wildman–Crippen LogP) is 4.41. The first kappa shape index (κ1) is 13.6. The first-order chi connectivity index (χ1) is 8.49. The molecule has 0 aliphatic carbocycles. The molecule has 0 fully saturated rings. The number of hydrogen-bond acceptors (Lipinski definition) is 2. The highest BCUT2D eigenvalue weighted by atomic mass is 127. The summed E-state index contributed by atoms with van der Waals surface area (Å²) in [6.07, 6.45) is 0. The molecule has 0 aliphatic heterocycles. The summed E-state index contributed by atoms with van der Waals surface area (Å²) in [7, 11) is 0. The summed E-state index contributed by atoms with van der Waals surface area (Å²) in [5.74, 6) is -0.160. The van der Waals surface area contributed by atoms with Crippen LogP contribution in [0.1, 0.15) is 15.9 Å². The molecule has 18 heavy (non-hydrogen) atoms. The lowest BCUT2D eigenvalue weighted by atomic mass is 10.0. The van der Waals surface area contributed by atoms with Gasteiger partial charge in [-0.1, -0.05) is 23.2 Å². The molecule has 2 aromatic carbocycles. The Morgan fingerprint density at radius 3 is 2.44 bits per heavy atom. The van der Waals surface area contributed by atoms with Gasteiger partial charge >= 0.3 is 0 Å². The van der Waals surface area contributed by atoms with Crippen LogP contribution >= 0.6 is 45.8 Å². The fourth-order valence-corrected chi connectivity index (χ4v) is 2.56. The summed E-state index contributed by atoms with van der Waals surface area (Å²) >= 11 is 14.0. The third-order valence-corrected chi connectivity index (χ3v) is 3.90. The number of nitrogen functional groups attached to an aromatic ring is 1. The van der Waals surface area contributed by atoms with Crippen molar-refractivity contribution in [1.29, 1.82) is 0 Å². The zero-order valence-corrected chi connectivity index (χ0v) is 12.8. The summed E-state index contributed by atoms with van der Waals surface area (Å²) in [6.45, 7) is 0. The first-order valence-corrected chi connectivity index (χ1v) is 6.87. The van der Waals surface area contributed by atoms with Crippen molar-refractivity contribution >= 4 is 57.3 Å². The molecule has 5 heteroatoms. The molecular weight excluding hydrogens is 384 g/mol. The van der Waals surface area contributed by atoms with Crippen LogP contribution in [0.15, 0.2) is 36.4 Å². The molecule has 2 rings (SSSR count). The summed E-state index contributed by atoms with van der Waals surface area (Å²) in [5.41, 5.74) is 7.09. The second kappa shape index (κ2) is 5.47. The Morgan fingerprint density at radius 2 is 1.78 bits per heavy atom. The molecule has 0 unspecified atom stereocenters. The molecule has 0 aromatic heterocycles. The quantitative estimate of drug-likeness (QED) is 0.468. The van der Waals surface area contributed by atoms with Crippen molar-refractivity contribution in [3.05, 3.63) is 61.1 Å². The predicted molar refractivity (Wildman–Crippen MR) is 83.5 cm³/mol. The van der Waals surface area contributed by atoms with Gasteiger partial charge in [0.2, 0.25) is 0 Å². The number of nitrogens with two attached hydrogens (primary N) is 1. The summed E-state index contributed by atoms with van der Waals surface area (Å²) in [4.78, 5) is 12.4. The Hall–Kier alpha value is -0.780. The second-order valence-corrected chi connectivity index (χ2v) is 5.70. The van der Waals surface area contributed by atoms with Gasteiger partial charge in [-0.2, -0.15) is 0 Å². The van der Waals surface area contributed by atoms with Gasteiger partial charge in [-0.25, -0.2) is 0 Å². The molecule has 0 aliphatic rings. The number of halogens is 3. The van der Waals surface area contributed by atoms with Gasteiger partial charge in [-0.3, -0.25) is 4.79 Å². The molecule has 0 bridgehead atoms. The molecule has 2 aromatic rings. The fraction of sp³-hybridized carbons (Fsp3) is 0. The molecule has 0 spiro atoms. The molecule has 92 valence electrons. The van der Waals surface area contributed by atoms with E-state index in [4.69, 9.17) is 28.9 Å². The van der Waals surface area contributed by atoms with Crippen LogP contribution in [0.3, 0.4) is 0 Å². The second-order valence-electron chi connectivity index (χ2n) is 3.69. The van der Waals surface area contributed by atoms with Gasteiger partial charge in [-0.15, -0.1) is 0 Å². The van der Waals surface area contributed by atoms with Crippen LogP contribution in [0, 0.1) is 3.57 Å². The minimum Gasteiger partial charge on any atom is -0.399 e. The molecule has 0 saturated carbocycles. The van der Waals surface area contributed by atoms with E-state index in [-0.39, 0.29) is 5.78 Å². The van der Waals surface area contributed by atoms with Crippen molar-refractivity contribution in [2.45, 2.75) is 0 Å². The van der Waals surface area contributed by atoms with E-state index in [1.807, 2.05) is 0 Å². The summed E-state index contributed by atoms with van der Waals surface area (Å²) in [6, 6.07) is 10.0. The van der Waals surface area contributed by atoms with Crippen LogP contribution in [0.2, 0.25) is 10.0 Å². The number of hydrogen-bond donors (Lipinski definition) is 1. The van der Waals surface area contributed by atoms with E-state index in [1.54, 1.807) is 36.4 Å². The van der Waals surface area contributed by atoms with Crippen LogP contribution in [0.5, 0.6) is 0 Å².